The Balaban J connectivity index is -0.0000000312. The summed E-state index contributed by atoms with van der Waals surface area (Å²) >= 11 is 0. The molecule has 0 spiro atoms. The molecule has 0 atom stereocenters. The zero-order valence-corrected chi connectivity index (χ0v) is 23.0. The SMILES string of the molecule is CC(=O)O.CC(=O)O.CC(=O)O.CC(=O)O.CC(=O)O.OCCN(CCO)CCO.[Ca+2].[Cl-].[Cl-]. The normalized spacial score (nSPS) is 7.06. The molecule has 0 saturated carbocycles. The quantitative estimate of drug-likeness (QED) is 0.141. The molecule has 0 aliphatic heterocycles. The smallest absolute Gasteiger partial charge is 1.00 e. The zero-order chi connectivity index (χ0) is 25.7. The number of carboxylic acids is 5. The third kappa shape index (κ3) is 406. The van der Waals surface area contributed by atoms with Gasteiger partial charge in [0.25, 0.3) is 29.8 Å². The molecule has 0 aliphatic carbocycles. The molecule has 0 unspecified atom stereocenters. The summed E-state index contributed by atoms with van der Waals surface area (Å²) in [4.78, 5) is 46.8. The van der Waals surface area contributed by atoms with E-state index in [2.05, 4.69) is 0 Å². The van der Waals surface area contributed by atoms with Crippen molar-refractivity contribution in [3.63, 3.8) is 0 Å². The topological polar surface area (TPSA) is 250 Å². The van der Waals surface area contributed by atoms with E-state index in [1.807, 2.05) is 0 Å². The van der Waals surface area contributed by atoms with Crippen molar-refractivity contribution in [2.45, 2.75) is 34.6 Å². The summed E-state index contributed by atoms with van der Waals surface area (Å²) in [5, 5.41) is 62.5. The number of halogens is 2. The number of hydrogen-bond acceptors (Lipinski definition) is 9. The first-order valence-corrected chi connectivity index (χ1v) is 8.04. The van der Waals surface area contributed by atoms with E-state index in [1.165, 1.54) is 0 Å². The Morgan fingerprint density at radius 1 is 0.485 bits per heavy atom. The largest absolute Gasteiger partial charge is 2.00 e. The molecule has 8 N–H and O–H groups in total. The maximum absolute atomic E-state index is 9.00. The third-order valence-corrected chi connectivity index (χ3v) is 1.25. The second-order valence-corrected chi connectivity index (χ2v) is 4.61. The van der Waals surface area contributed by atoms with Crippen LogP contribution in [0.1, 0.15) is 34.6 Å². The van der Waals surface area contributed by atoms with Crippen molar-refractivity contribution in [3.05, 3.63) is 0 Å². The van der Waals surface area contributed by atoms with Gasteiger partial charge in [0.15, 0.2) is 0 Å². The van der Waals surface area contributed by atoms with Crippen molar-refractivity contribution in [1.29, 1.82) is 0 Å². The Bertz CT molecular complexity index is 341. The molecule has 0 fully saturated rings. The van der Waals surface area contributed by atoms with Gasteiger partial charge in [0.2, 0.25) is 0 Å². The van der Waals surface area contributed by atoms with Crippen LogP contribution in [0.4, 0.5) is 0 Å². The van der Waals surface area contributed by atoms with E-state index < -0.39 is 29.8 Å². The number of carboxylic acid groups (broad SMARTS) is 5. The predicted octanol–water partition coefficient (Wildman–Crippen LogP) is -7.65. The van der Waals surface area contributed by atoms with Crippen LogP contribution < -0.4 is 24.8 Å². The van der Waals surface area contributed by atoms with Crippen LogP contribution in [0.2, 0.25) is 0 Å². The summed E-state index contributed by atoms with van der Waals surface area (Å²) in [7, 11) is 0. The molecule has 14 nitrogen and oxygen atoms in total. The van der Waals surface area contributed by atoms with E-state index in [1.54, 1.807) is 4.90 Å². The van der Waals surface area contributed by atoms with Crippen molar-refractivity contribution >= 4 is 67.6 Å². The second-order valence-electron chi connectivity index (χ2n) is 4.61. The molecular weight excluding hydrogens is 525 g/mol. The van der Waals surface area contributed by atoms with E-state index in [9.17, 15) is 0 Å². The van der Waals surface area contributed by atoms with E-state index in [0.717, 1.165) is 34.6 Å². The molecule has 33 heavy (non-hydrogen) atoms. The van der Waals surface area contributed by atoms with Crippen LogP contribution in [0.15, 0.2) is 0 Å². The average molecular weight is 560 g/mol. The molecule has 17 heteroatoms. The van der Waals surface area contributed by atoms with Crippen molar-refractivity contribution in [3.8, 4) is 0 Å². The summed E-state index contributed by atoms with van der Waals surface area (Å²) in [6.45, 7) is 7.17. The molecular formula is C16H35CaCl2NO13. The Morgan fingerprint density at radius 3 is 0.636 bits per heavy atom. The molecule has 0 saturated heterocycles. The molecule has 0 heterocycles. The Hall–Kier alpha value is -0.970. The van der Waals surface area contributed by atoms with E-state index >= 15 is 0 Å². The molecule has 0 rings (SSSR count). The number of aliphatic hydroxyl groups is 3. The van der Waals surface area contributed by atoms with Gasteiger partial charge in [0.1, 0.15) is 0 Å². The van der Waals surface area contributed by atoms with Crippen LogP contribution in [0.5, 0.6) is 0 Å². The molecule has 0 aromatic rings. The fourth-order valence-corrected chi connectivity index (χ4v) is 0.760. The number of hydrogen-bond donors (Lipinski definition) is 8. The first-order valence-electron chi connectivity index (χ1n) is 8.04. The van der Waals surface area contributed by atoms with Gasteiger partial charge < -0.3 is 65.7 Å². The molecule has 0 aromatic carbocycles. The van der Waals surface area contributed by atoms with Gasteiger partial charge in [-0.3, -0.25) is 28.9 Å². The van der Waals surface area contributed by atoms with Gasteiger partial charge in [-0.15, -0.1) is 0 Å². The van der Waals surface area contributed by atoms with Crippen molar-refractivity contribution in [2.75, 3.05) is 39.5 Å². The van der Waals surface area contributed by atoms with Crippen LogP contribution in [-0.2, 0) is 24.0 Å². The fourth-order valence-electron chi connectivity index (χ4n) is 0.760. The number of carbonyl (C=O) groups is 5. The molecule has 198 valence electrons. The third-order valence-electron chi connectivity index (χ3n) is 1.25. The Kier molecular flexibility index (Phi) is 93.0. The Labute approximate surface area is 235 Å². The maximum atomic E-state index is 9.00. The zero-order valence-electron chi connectivity index (χ0n) is 19.3. The first-order chi connectivity index (χ1) is 13.5. The van der Waals surface area contributed by atoms with E-state index in [4.69, 9.17) is 64.8 Å². The molecule has 0 aromatic heterocycles. The monoisotopic (exact) mass is 559 g/mol. The average Bonchev–Trinajstić information content (AvgIpc) is 2.45. The summed E-state index contributed by atoms with van der Waals surface area (Å²) < 4.78 is 0. The van der Waals surface area contributed by atoms with Gasteiger partial charge in [-0.2, -0.15) is 0 Å². The van der Waals surface area contributed by atoms with Crippen LogP contribution in [-0.4, -0.2) is 153 Å². The van der Waals surface area contributed by atoms with Crippen LogP contribution >= 0.6 is 0 Å². The van der Waals surface area contributed by atoms with Crippen molar-refractivity contribution < 1.29 is 89.6 Å². The first kappa shape index (κ1) is 58.1. The van der Waals surface area contributed by atoms with Gasteiger partial charge in [0.05, 0.1) is 19.8 Å². The van der Waals surface area contributed by atoms with Gasteiger partial charge in [-0.1, -0.05) is 0 Å². The van der Waals surface area contributed by atoms with Crippen LogP contribution in [0.25, 0.3) is 0 Å². The minimum Gasteiger partial charge on any atom is -1.00 e. The van der Waals surface area contributed by atoms with Gasteiger partial charge in [-0.05, 0) is 0 Å². The van der Waals surface area contributed by atoms with Crippen LogP contribution in [0.3, 0.4) is 0 Å². The number of aliphatic carboxylic acids is 5. The van der Waals surface area contributed by atoms with Gasteiger partial charge in [-0.25, -0.2) is 0 Å². The van der Waals surface area contributed by atoms with E-state index in [-0.39, 0.29) is 82.4 Å². The summed E-state index contributed by atoms with van der Waals surface area (Å²) in [6.07, 6.45) is 0. The fraction of sp³-hybridized carbons (Fsp3) is 0.688. The molecule has 0 radical (unpaired) electrons. The van der Waals surface area contributed by atoms with Crippen LogP contribution in [0, 0.1) is 0 Å². The standard InChI is InChI=1S/C6H15NO3.5C2H4O2.Ca.2ClH/c8-4-1-7(2-5-9)3-6-10;5*1-2(3)4;;;/h8-10H,1-6H2;5*1H3,(H,3,4);;2*1H/q;;;;;;+2;;/p-2. The minimum absolute atomic E-state index is 0. The van der Waals surface area contributed by atoms with Crippen molar-refractivity contribution in [1.82, 2.24) is 4.90 Å². The minimum atomic E-state index is -0.833. The number of nitrogens with zero attached hydrogens (tertiary/aromatic N) is 1. The second kappa shape index (κ2) is 52.8. The van der Waals surface area contributed by atoms with E-state index in [0.29, 0.717) is 19.6 Å². The Morgan fingerprint density at radius 2 is 0.576 bits per heavy atom. The number of rotatable bonds is 6. The maximum Gasteiger partial charge on any atom is 2.00 e. The number of aliphatic hydroxyl groups excluding tert-OH is 3. The van der Waals surface area contributed by atoms with Gasteiger partial charge in [0, 0.05) is 54.3 Å². The van der Waals surface area contributed by atoms with Gasteiger partial charge >= 0.3 is 37.7 Å². The summed E-state index contributed by atoms with van der Waals surface area (Å²) in [6, 6.07) is 0. The molecule has 0 amide bonds. The summed E-state index contributed by atoms with van der Waals surface area (Å²) in [5.74, 6) is -4.17. The van der Waals surface area contributed by atoms with Crippen molar-refractivity contribution in [2.24, 2.45) is 0 Å². The molecule has 0 bridgehead atoms. The molecule has 0 aliphatic rings. The summed E-state index contributed by atoms with van der Waals surface area (Å²) in [5.41, 5.74) is 0. The predicted molar refractivity (Wildman–Crippen MR) is 110 cm³/mol.